The van der Waals surface area contributed by atoms with E-state index in [1.54, 1.807) is 6.20 Å². The Kier molecular flexibility index (Phi) is 7.36. The highest BCUT2D eigenvalue weighted by Gasteiger charge is 2.45. The van der Waals surface area contributed by atoms with Crippen LogP contribution < -0.4 is 5.32 Å². The topological polar surface area (TPSA) is 87.1 Å². The molecule has 0 aromatic carbocycles. The summed E-state index contributed by atoms with van der Waals surface area (Å²) in [6.45, 7) is 2.85. The van der Waals surface area contributed by atoms with Crippen LogP contribution in [0.25, 0.3) is 0 Å². The van der Waals surface area contributed by atoms with Gasteiger partial charge in [0.25, 0.3) is 0 Å². The molecule has 0 radical (unpaired) electrons. The highest BCUT2D eigenvalue weighted by molar-refractivity contribution is 5.04. The second-order valence-electron chi connectivity index (χ2n) is 7.22. The summed E-state index contributed by atoms with van der Waals surface area (Å²) >= 11 is 0. The molecule has 2 aliphatic heterocycles. The van der Waals surface area contributed by atoms with Crippen molar-refractivity contribution < 1.29 is 19.7 Å². The number of aromatic nitrogens is 1. The molecule has 1 aromatic rings. The molecule has 1 aromatic heterocycles. The van der Waals surface area contributed by atoms with Crippen LogP contribution in [0.1, 0.15) is 18.5 Å². The van der Waals surface area contributed by atoms with E-state index >= 15 is 0 Å². The normalized spacial score (nSPS) is 30.2. The van der Waals surface area contributed by atoms with Crippen molar-refractivity contribution in [1.29, 1.82) is 0 Å². The van der Waals surface area contributed by atoms with Gasteiger partial charge < -0.3 is 25.0 Å². The Bertz CT molecular complexity index is 527. The van der Waals surface area contributed by atoms with Gasteiger partial charge in [0, 0.05) is 50.7 Å². The number of aliphatic hydroxyl groups is 2. The number of hydrogen-bond donors (Lipinski definition) is 3. The third-order valence-electron chi connectivity index (χ3n) is 5.43. The summed E-state index contributed by atoms with van der Waals surface area (Å²) < 4.78 is 11.3. The summed E-state index contributed by atoms with van der Waals surface area (Å²) in [6, 6.07) is 6.18. The largest absolute Gasteiger partial charge is 0.394 e. The third kappa shape index (κ3) is 5.00. The quantitative estimate of drug-likeness (QED) is 0.589. The standard InChI is InChI=1S/C19H31N3O4/c1-22(9-5-14-4-2-3-8-20-14)18-16(26-17(13-23)19(18)24)12-21-15-6-10-25-11-7-15/h2-4,8,15-19,21,23-24H,5-7,9-13H2,1H3. The van der Waals surface area contributed by atoms with E-state index in [9.17, 15) is 10.2 Å². The highest BCUT2D eigenvalue weighted by atomic mass is 16.5. The van der Waals surface area contributed by atoms with Gasteiger partial charge in [-0.25, -0.2) is 0 Å². The van der Waals surface area contributed by atoms with Crippen molar-refractivity contribution in [2.75, 3.05) is 40.0 Å². The monoisotopic (exact) mass is 365 g/mol. The molecule has 26 heavy (non-hydrogen) atoms. The van der Waals surface area contributed by atoms with Crippen molar-refractivity contribution in [2.24, 2.45) is 0 Å². The first kappa shape index (κ1) is 19.7. The van der Waals surface area contributed by atoms with E-state index in [-0.39, 0.29) is 18.8 Å². The second kappa shape index (κ2) is 9.73. The molecule has 3 N–H and O–H groups in total. The van der Waals surface area contributed by atoms with Crippen molar-refractivity contribution in [2.45, 2.75) is 49.7 Å². The molecule has 2 saturated heterocycles. The van der Waals surface area contributed by atoms with Gasteiger partial charge in [0.1, 0.15) is 12.2 Å². The van der Waals surface area contributed by atoms with Crippen LogP contribution in [0.4, 0.5) is 0 Å². The first-order chi connectivity index (χ1) is 12.7. The Labute approximate surface area is 155 Å². The van der Waals surface area contributed by atoms with Gasteiger partial charge in [-0.05, 0) is 32.0 Å². The Balaban J connectivity index is 1.56. The van der Waals surface area contributed by atoms with Crippen LogP contribution in [-0.2, 0) is 15.9 Å². The van der Waals surface area contributed by atoms with Crippen LogP contribution in [0.3, 0.4) is 0 Å². The maximum absolute atomic E-state index is 10.6. The highest BCUT2D eigenvalue weighted by Crippen LogP contribution is 2.25. The van der Waals surface area contributed by atoms with Crippen LogP contribution in [0.2, 0.25) is 0 Å². The minimum Gasteiger partial charge on any atom is -0.394 e. The van der Waals surface area contributed by atoms with Gasteiger partial charge in [0.15, 0.2) is 0 Å². The van der Waals surface area contributed by atoms with Gasteiger partial charge in [0.2, 0.25) is 0 Å². The van der Waals surface area contributed by atoms with Crippen molar-refractivity contribution in [3.8, 4) is 0 Å². The van der Waals surface area contributed by atoms with Crippen molar-refractivity contribution in [3.63, 3.8) is 0 Å². The Morgan fingerprint density at radius 2 is 2.08 bits per heavy atom. The lowest BCUT2D eigenvalue weighted by Gasteiger charge is -2.32. The van der Waals surface area contributed by atoms with Gasteiger partial charge in [-0.1, -0.05) is 6.07 Å². The van der Waals surface area contributed by atoms with Crippen LogP contribution in [-0.4, -0.2) is 90.5 Å². The van der Waals surface area contributed by atoms with Gasteiger partial charge in [-0.15, -0.1) is 0 Å². The van der Waals surface area contributed by atoms with Crippen LogP contribution in [0.5, 0.6) is 0 Å². The molecular formula is C19H31N3O4. The SMILES string of the molecule is CN(CCc1ccccn1)C1C(CNC2CCOCC2)OC(CO)C1O. The summed E-state index contributed by atoms with van der Waals surface area (Å²) in [4.78, 5) is 6.49. The number of hydrogen-bond acceptors (Lipinski definition) is 7. The Hall–Kier alpha value is -1.09. The molecule has 0 saturated carbocycles. The zero-order chi connectivity index (χ0) is 18.4. The maximum Gasteiger partial charge on any atom is 0.109 e. The van der Waals surface area contributed by atoms with E-state index in [0.717, 1.165) is 44.7 Å². The zero-order valence-electron chi connectivity index (χ0n) is 15.5. The van der Waals surface area contributed by atoms with Gasteiger partial charge in [-0.2, -0.15) is 0 Å². The molecule has 4 atom stereocenters. The first-order valence-corrected chi connectivity index (χ1v) is 9.54. The molecule has 0 spiro atoms. The number of pyridine rings is 1. The summed E-state index contributed by atoms with van der Waals surface area (Å²) in [5, 5.41) is 23.7. The molecule has 3 heterocycles. The lowest BCUT2D eigenvalue weighted by atomic mass is 10.0. The van der Waals surface area contributed by atoms with E-state index in [2.05, 4.69) is 15.2 Å². The fraction of sp³-hybridized carbons (Fsp3) is 0.737. The molecule has 7 heteroatoms. The Morgan fingerprint density at radius 3 is 2.77 bits per heavy atom. The van der Waals surface area contributed by atoms with Crippen molar-refractivity contribution in [3.05, 3.63) is 30.1 Å². The van der Waals surface area contributed by atoms with E-state index in [1.165, 1.54) is 0 Å². The first-order valence-electron chi connectivity index (χ1n) is 9.54. The minimum absolute atomic E-state index is 0.150. The number of nitrogens with zero attached hydrogens (tertiary/aromatic N) is 2. The lowest BCUT2D eigenvalue weighted by molar-refractivity contribution is -0.0229. The third-order valence-corrected chi connectivity index (χ3v) is 5.43. The zero-order valence-corrected chi connectivity index (χ0v) is 15.5. The molecule has 146 valence electrons. The van der Waals surface area contributed by atoms with E-state index in [1.807, 2.05) is 25.2 Å². The molecule has 2 aliphatic rings. The van der Waals surface area contributed by atoms with Gasteiger partial charge in [0.05, 0.1) is 18.8 Å². The number of likely N-dealkylation sites (N-methyl/N-ethyl adjacent to an activating group) is 1. The number of rotatable bonds is 8. The Morgan fingerprint density at radius 1 is 1.27 bits per heavy atom. The molecular weight excluding hydrogens is 334 g/mol. The lowest BCUT2D eigenvalue weighted by Crippen LogP contribution is -2.51. The summed E-state index contributed by atoms with van der Waals surface area (Å²) in [7, 11) is 2.00. The second-order valence-corrected chi connectivity index (χ2v) is 7.22. The molecule has 4 unspecified atom stereocenters. The molecule has 0 bridgehead atoms. The molecule has 2 fully saturated rings. The summed E-state index contributed by atoms with van der Waals surface area (Å²) in [6.07, 6.45) is 3.22. The number of ether oxygens (including phenoxy) is 2. The molecule has 3 rings (SSSR count). The fourth-order valence-electron chi connectivity index (χ4n) is 3.86. The summed E-state index contributed by atoms with van der Waals surface area (Å²) in [5.74, 6) is 0. The predicted molar refractivity (Wildman–Crippen MR) is 98.0 cm³/mol. The van der Waals surface area contributed by atoms with Crippen LogP contribution in [0, 0.1) is 0 Å². The summed E-state index contributed by atoms with van der Waals surface area (Å²) in [5.41, 5.74) is 1.03. The smallest absolute Gasteiger partial charge is 0.109 e. The van der Waals surface area contributed by atoms with Gasteiger partial charge in [-0.3, -0.25) is 9.88 Å². The van der Waals surface area contributed by atoms with E-state index in [4.69, 9.17) is 9.47 Å². The van der Waals surface area contributed by atoms with Crippen LogP contribution in [0.15, 0.2) is 24.4 Å². The molecule has 0 aliphatic carbocycles. The van der Waals surface area contributed by atoms with Gasteiger partial charge >= 0.3 is 0 Å². The van der Waals surface area contributed by atoms with Crippen molar-refractivity contribution >= 4 is 0 Å². The minimum atomic E-state index is -0.699. The van der Waals surface area contributed by atoms with E-state index < -0.39 is 12.2 Å². The average molecular weight is 365 g/mol. The fourth-order valence-corrected chi connectivity index (χ4v) is 3.86. The molecule has 7 nitrogen and oxygen atoms in total. The van der Waals surface area contributed by atoms with E-state index in [0.29, 0.717) is 12.6 Å². The number of nitrogens with one attached hydrogen (secondary N) is 1. The predicted octanol–water partition coefficient (Wildman–Crippen LogP) is -0.186. The average Bonchev–Trinajstić information content (AvgIpc) is 3.01. The molecule has 0 amide bonds. The maximum atomic E-state index is 10.6. The number of aliphatic hydroxyl groups excluding tert-OH is 2. The van der Waals surface area contributed by atoms with Crippen molar-refractivity contribution in [1.82, 2.24) is 15.2 Å². The van der Waals surface area contributed by atoms with Crippen LogP contribution >= 0.6 is 0 Å².